The van der Waals surface area contributed by atoms with E-state index in [0.29, 0.717) is 12.1 Å². The van der Waals surface area contributed by atoms with E-state index in [1.807, 2.05) is 6.92 Å². The van der Waals surface area contributed by atoms with E-state index in [-0.39, 0.29) is 5.70 Å². The number of carboxylic acids is 1. The molecule has 1 aromatic heterocycles. The second-order valence-electron chi connectivity index (χ2n) is 3.45. The van der Waals surface area contributed by atoms with E-state index in [1.165, 1.54) is 19.1 Å². The maximum Gasteiger partial charge on any atom is 0.352 e. The molecule has 1 amide bonds. The van der Waals surface area contributed by atoms with E-state index in [1.54, 1.807) is 0 Å². The fourth-order valence-corrected chi connectivity index (χ4v) is 1.27. The summed E-state index contributed by atoms with van der Waals surface area (Å²) < 4.78 is 13.4. The highest BCUT2D eigenvalue weighted by Crippen LogP contribution is 2.07. The second-order valence-corrected chi connectivity index (χ2v) is 3.45. The van der Waals surface area contributed by atoms with Crippen molar-refractivity contribution in [2.24, 2.45) is 0 Å². The summed E-state index contributed by atoms with van der Waals surface area (Å²) in [7, 11) is 0. The molecule has 0 aliphatic rings. The van der Waals surface area contributed by atoms with Crippen molar-refractivity contribution >= 4 is 11.9 Å². The molecular weight excluding hydrogens is 239 g/mol. The van der Waals surface area contributed by atoms with Crippen LogP contribution in [0.3, 0.4) is 0 Å². The molecule has 0 fully saturated rings. The number of allylic oxidation sites excluding steroid dienone is 1. The molecule has 0 radical (unpaired) electrons. The lowest BCUT2D eigenvalue weighted by molar-refractivity contribution is -0.133. The smallest absolute Gasteiger partial charge is 0.352 e. The molecule has 0 aromatic carbocycles. The van der Waals surface area contributed by atoms with Crippen LogP contribution >= 0.6 is 0 Å². The highest BCUT2D eigenvalue weighted by Gasteiger charge is 2.17. The van der Waals surface area contributed by atoms with E-state index in [2.05, 4.69) is 10.3 Å². The molecule has 1 heterocycles. The van der Waals surface area contributed by atoms with Gasteiger partial charge < -0.3 is 10.4 Å². The number of pyridine rings is 1. The normalized spacial score (nSPS) is 11.2. The van der Waals surface area contributed by atoms with Gasteiger partial charge in [0.1, 0.15) is 5.70 Å². The van der Waals surface area contributed by atoms with Crippen LogP contribution in [0.15, 0.2) is 23.9 Å². The van der Waals surface area contributed by atoms with Gasteiger partial charge >= 0.3 is 5.97 Å². The van der Waals surface area contributed by atoms with Crippen LogP contribution in [-0.4, -0.2) is 22.0 Å². The Balaban J connectivity index is 3.00. The summed E-state index contributed by atoms with van der Waals surface area (Å²) in [5, 5.41) is 10.8. The van der Waals surface area contributed by atoms with Gasteiger partial charge in [0.2, 0.25) is 0 Å². The van der Waals surface area contributed by atoms with Crippen molar-refractivity contribution in [3.8, 4) is 0 Å². The van der Waals surface area contributed by atoms with Crippen molar-refractivity contribution in [3.05, 3.63) is 41.1 Å². The fourth-order valence-electron chi connectivity index (χ4n) is 1.27. The molecule has 2 N–H and O–H groups in total. The third kappa shape index (κ3) is 3.13. The number of carbonyl (C=O) groups is 2. The molecule has 0 atom stereocenters. The molecule has 0 bridgehead atoms. The number of carbonyl (C=O) groups excluding carboxylic acids is 1. The number of aromatic nitrogens is 1. The Morgan fingerprint density at radius 1 is 1.50 bits per heavy atom. The Kier molecular flexibility index (Phi) is 4.53. The number of amides is 1. The number of carboxylic acid groups (broad SMARTS) is 1. The van der Waals surface area contributed by atoms with Crippen LogP contribution in [-0.2, 0) is 11.2 Å². The zero-order valence-corrected chi connectivity index (χ0v) is 10.0. The highest BCUT2D eigenvalue weighted by molar-refractivity contribution is 5.99. The lowest BCUT2D eigenvalue weighted by Crippen LogP contribution is -2.29. The fraction of sp³-hybridized carbons (Fsp3) is 0.250. The molecule has 0 saturated heterocycles. The molecule has 0 aliphatic heterocycles. The molecule has 0 unspecified atom stereocenters. The summed E-state index contributed by atoms with van der Waals surface area (Å²) in [5.41, 5.74) is -0.169. The number of hydrogen-bond acceptors (Lipinski definition) is 3. The van der Waals surface area contributed by atoms with Crippen LogP contribution < -0.4 is 5.32 Å². The first-order valence-electron chi connectivity index (χ1n) is 5.36. The van der Waals surface area contributed by atoms with Crippen LogP contribution in [0.25, 0.3) is 0 Å². The lowest BCUT2D eigenvalue weighted by atomic mass is 10.2. The van der Waals surface area contributed by atoms with Crippen LogP contribution in [0.4, 0.5) is 4.39 Å². The number of nitrogens with zero attached hydrogens (tertiary/aromatic N) is 1. The standard InChI is InChI=1S/C12H13FN2O3/c1-3-7-5-6-8(13)10(14-7)11(16)15-9(4-2)12(17)18/h4-6H,3H2,1-2H3,(H,15,16)(H,17,18)/b9-4+. The predicted molar refractivity (Wildman–Crippen MR) is 62.4 cm³/mol. The van der Waals surface area contributed by atoms with Gasteiger partial charge in [-0.25, -0.2) is 14.2 Å². The molecule has 0 spiro atoms. The Morgan fingerprint density at radius 3 is 2.67 bits per heavy atom. The Bertz CT molecular complexity index is 512. The molecule has 0 aliphatic carbocycles. The van der Waals surface area contributed by atoms with Crippen molar-refractivity contribution in [1.82, 2.24) is 10.3 Å². The van der Waals surface area contributed by atoms with Crippen molar-refractivity contribution in [3.63, 3.8) is 0 Å². The summed E-state index contributed by atoms with van der Waals surface area (Å²) in [6, 6.07) is 2.61. The number of nitrogens with one attached hydrogen (secondary N) is 1. The molecular formula is C12H13FN2O3. The average Bonchev–Trinajstić information content (AvgIpc) is 2.35. The topological polar surface area (TPSA) is 79.3 Å². The number of halogens is 1. The molecule has 1 aromatic rings. The van der Waals surface area contributed by atoms with E-state index < -0.39 is 23.4 Å². The molecule has 6 heteroatoms. The minimum absolute atomic E-state index is 0.317. The SMILES string of the molecule is C/C=C(/NC(=O)c1nc(CC)ccc1F)C(=O)O. The Labute approximate surface area is 103 Å². The summed E-state index contributed by atoms with van der Waals surface area (Å²) in [5.74, 6) is -2.96. The maximum absolute atomic E-state index is 13.4. The largest absolute Gasteiger partial charge is 0.477 e. The average molecular weight is 252 g/mol. The van der Waals surface area contributed by atoms with Crippen molar-refractivity contribution in [1.29, 1.82) is 0 Å². The Morgan fingerprint density at radius 2 is 2.17 bits per heavy atom. The van der Waals surface area contributed by atoms with E-state index in [9.17, 15) is 14.0 Å². The van der Waals surface area contributed by atoms with Crippen LogP contribution in [0, 0.1) is 5.82 Å². The number of hydrogen-bond donors (Lipinski definition) is 2. The maximum atomic E-state index is 13.4. The Hall–Kier alpha value is -2.24. The highest BCUT2D eigenvalue weighted by atomic mass is 19.1. The number of aryl methyl sites for hydroxylation is 1. The van der Waals surface area contributed by atoms with Gasteiger partial charge in [-0.3, -0.25) is 4.79 Å². The number of rotatable bonds is 4. The predicted octanol–water partition coefficient (Wildman–Crippen LogP) is 1.50. The van der Waals surface area contributed by atoms with E-state index in [0.717, 1.165) is 6.07 Å². The minimum Gasteiger partial charge on any atom is -0.477 e. The zero-order valence-electron chi connectivity index (χ0n) is 10.0. The van der Waals surface area contributed by atoms with Gasteiger partial charge in [0, 0.05) is 5.69 Å². The molecule has 18 heavy (non-hydrogen) atoms. The summed E-state index contributed by atoms with van der Waals surface area (Å²) in [6.07, 6.45) is 1.76. The van der Waals surface area contributed by atoms with Gasteiger partial charge in [-0.2, -0.15) is 0 Å². The molecule has 5 nitrogen and oxygen atoms in total. The van der Waals surface area contributed by atoms with Crippen LogP contribution in [0.1, 0.15) is 30.0 Å². The zero-order chi connectivity index (χ0) is 13.7. The van der Waals surface area contributed by atoms with Gasteiger partial charge in [0.25, 0.3) is 5.91 Å². The van der Waals surface area contributed by atoms with Crippen LogP contribution in [0.2, 0.25) is 0 Å². The summed E-state index contributed by atoms with van der Waals surface area (Å²) in [4.78, 5) is 26.2. The first-order valence-corrected chi connectivity index (χ1v) is 5.36. The molecule has 0 saturated carbocycles. The van der Waals surface area contributed by atoms with Gasteiger partial charge in [0.15, 0.2) is 11.5 Å². The lowest BCUT2D eigenvalue weighted by Gasteiger charge is -2.06. The minimum atomic E-state index is -1.29. The molecule has 96 valence electrons. The van der Waals surface area contributed by atoms with Gasteiger partial charge in [0.05, 0.1) is 0 Å². The van der Waals surface area contributed by atoms with E-state index >= 15 is 0 Å². The van der Waals surface area contributed by atoms with Crippen molar-refractivity contribution < 1.29 is 19.1 Å². The third-order valence-corrected chi connectivity index (χ3v) is 2.25. The monoisotopic (exact) mass is 252 g/mol. The van der Waals surface area contributed by atoms with Crippen LogP contribution in [0.5, 0.6) is 0 Å². The van der Waals surface area contributed by atoms with Crippen molar-refractivity contribution in [2.75, 3.05) is 0 Å². The second kappa shape index (κ2) is 5.90. The molecule has 1 rings (SSSR count). The number of aliphatic carboxylic acids is 1. The van der Waals surface area contributed by atoms with Crippen molar-refractivity contribution in [2.45, 2.75) is 20.3 Å². The van der Waals surface area contributed by atoms with Gasteiger partial charge in [-0.15, -0.1) is 0 Å². The first-order chi connectivity index (χ1) is 8.49. The first kappa shape index (κ1) is 13.8. The third-order valence-electron chi connectivity index (χ3n) is 2.25. The summed E-state index contributed by atoms with van der Waals surface area (Å²) >= 11 is 0. The quantitative estimate of drug-likeness (QED) is 0.796. The van der Waals surface area contributed by atoms with Gasteiger partial charge in [-0.05, 0) is 25.5 Å². The summed E-state index contributed by atoms with van der Waals surface area (Å²) in [6.45, 7) is 3.27. The van der Waals surface area contributed by atoms with Gasteiger partial charge in [-0.1, -0.05) is 13.0 Å². The van der Waals surface area contributed by atoms with E-state index in [4.69, 9.17) is 5.11 Å².